The molecule has 0 spiro atoms. The summed E-state index contributed by atoms with van der Waals surface area (Å²) in [7, 11) is 1.56. The topological polar surface area (TPSA) is 132 Å². The molecule has 2 aliphatic rings. The number of fused-ring (bicyclic) bond motifs is 1. The van der Waals surface area contributed by atoms with Gasteiger partial charge in [0.1, 0.15) is 23.6 Å². The van der Waals surface area contributed by atoms with Gasteiger partial charge in [-0.15, -0.1) is 0 Å². The van der Waals surface area contributed by atoms with Crippen LogP contribution in [0.15, 0.2) is 54.9 Å². The molecule has 4 aromatic rings. The standard InChI is InChI=1S/C30H27Cl2N7O3/c1-41-25-14-18(4-7-24(25)42-20-5-6-22(31)23(32)15-20)27-26-28(34)35-16-36-29(26)39(37-27)19-8-11-38(12-9-19)30(40)21-13-17(21)3-2-10-33/h2-7,14-17,19,21H,8-9,11-13H2,1H3,(H2,34,35,36). The Hall–Kier alpha value is -4.33. The highest BCUT2D eigenvalue weighted by Gasteiger charge is 2.44. The van der Waals surface area contributed by atoms with E-state index in [9.17, 15) is 4.79 Å². The van der Waals surface area contributed by atoms with E-state index in [1.165, 1.54) is 12.4 Å². The van der Waals surface area contributed by atoms with Crippen LogP contribution in [0, 0.1) is 23.2 Å². The molecule has 2 unspecified atom stereocenters. The summed E-state index contributed by atoms with van der Waals surface area (Å²) in [5.41, 5.74) is 8.39. The van der Waals surface area contributed by atoms with Crippen molar-refractivity contribution in [2.45, 2.75) is 25.3 Å². The number of nitrogen functional groups attached to an aromatic ring is 1. The molecule has 2 aromatic heterocycles. The lowest BCUT2D eigenvalue weighted by molar-refractivity contribution is -0.134. The minimum atomic E-state index is -0.0190. The third-order valence-electron chi connectivity index (χ3n) is 7.77. The Labute approximate surface area is 252 Å². The van der Waals surface area contributed by atoms with Crippen molar-refractivity contribution in [3.8, 4) is 34.6 Å². The Balaban J connectivity index is 1.25. The molecule has 0 radical (unpaired) electrons. The lowest BCUT2D eigenvalue weighted by Crippen LogP contribution is -2.40. The minimum Gasteiger partial charge on any atom is -0.493 e. The van der Waals surface area contributed by atoms with Gasteiger partial charge in [0, 0.05) is 36.7 Å². The summed E-state index contributed by atoms with van der Waals surface area (Å²) in [5.74, 6) is 2.14. The fourth-order valence-corrected chi connectivity index (χ4v) is 5.75. The first-order valence-electron chi connectivity index (χ1n) is 13.5. The Kier molecular flexibility index (Phi) is 7.62. The Morgan fingerprint density at radius 3 is 2.67 bits per heavy atom. The molecule has 3 heterocycles. The highest BCUT2D eigenvalue weighted by molar-refractivity contribution is 6.42. The van der Waals surface area contributed by atoms with Crippen LogP contribution >= 0.6 is 23.2 Å². The number of ether oxygens (including phenoxy) is 2. The number of methoxy groups -OCH3 is 1. The fraction of sp³-hybridized carbons (Fsp3) is 0.300. The summed E-state index contributed by atoms with van der Waals surface area (Å²) in [6, 6.07) is 12.6. The van der Waals surface area contributed by atoms with E-state index in [0.29, 0.717) is 62.9 Å². The lowest BCUT2D eigenvalue weighted by Gasteiger charge is -2.32. The van der Waals surface area contributed by atoms with Gasteiger partial charge in [-0.2, -0.15) is 10.4 Å². The molecule has 10 nitrogen and oxygen atoms in total. The fourth-order valence-electron chi connectivity index (χ4n) is 5.46. The maximum atomic E-state index is 13.0. The van der Waals surface area contributed by atoms with Crippen LogP contribution in [0.3, 0.4) is 0 Å². The summed E-state index contributed by atoms with van der Waals surface area (Å²) in [4.78, 5) is 23.7. The zero-order valence-electron chi connectivity index (χ0n) is 22.7. The van der Waals surface area contributed by atoms with Crippen molar-refractivity contribution in [1.29, 1.82) is 5.26 Å². The number of piperidine rings is 1. The zero-order valence-corrected chi connectivity index (χ0v) is 24.2. The quantitative estimate of drug-likeness (QED) is 0.252. The van der Waals surface area contributed by atoms with Crippen molar-refractivity contribution < 1.29 is 14.3 Å². The largest absolute Gasteiger partial charge is 0.493 e. The molecular weight excluding hydrogens is 577 g/mol. The van der Waals surface area contributed by atoms with E-state index in [1.54, 1.807) is 31.4 Å². The summed E-state index contributed by atoms with van der Waals surface area (Å²) in [6.45, 7) is 1.25. The minimum absolute atomic E-state index is 0.0190. The predicted molar refractivity (Wildman–Crippen MR) is 159 cm³/mol. The lowest BCUT2D eigenvalue weighted by atomic mass is 10.0. The molecule has 1 saturated heterocycles. The molecule has 1 saturated carbocycles. The number of carbonyl (C=O) groups is 1. The first-order valence-corrected chi connectivity index (χ1v) is 14.3. The number of hydrogen-bond donors (Lipinski definition) is 1. The number of allylic oxidation sites excluding steroid dienone is 2. The van der Waals surface area contributed by atoms with E-state index in [0.717, 1.165) is 24.8 Å². The molecule has 1 aliphatic carbocycles. The van der Waals surface area contributed by atoms with E-state index >= 15 is 0 Å². The van der Waals surface area contributed by atoms with Crippen molar-refractivity contribution in [1.82, 2.24) is 24.6 Å². The van der Waals surface area contributed by atoms with Gasteiger partial charge in [0.15, 0.2) is 17.1 Å². The average Bonchev–Trinajstić information content (AvgIpc) is 3.68. The number of benzene rings is 2. The van der Waals surface area contributed by atoms with Crippen molar-refractivity contribution >= 4 is 46.0 Å². The van der Waals surface area contributed by atoms with Gasteiger partial charge in [-0.05, 0) is 55.5 Å². The van der Waals surface area contributed by atoms with Gasteiger partial charge < -0.3 is 20.1 Å². The van der Waals surface area contributed by atoms with Crippen molar-refractivity contribution in [3.05, 3.63) is 64.9 Å². The molecule has 0 bridgehead atoms. The molecular formula is C30H27Cl2N7O3. The summed E-state index contributed by atoms with van der Waals surface area (Å²) in [6.07, 6.45) is 7.01. The average molecular weight is 604 g/mol. The van der Waals surface area contributed by atoms with E-state index in [-0.39, 0.29) is 23.8 Å². The highest BCUT2D eigenvalue weighted by atomic mass is 35.5. The first-order chi connectivity index (χ1) is 20.4. The number of likely N-dealkylation sites (tertiary alicyclic amines) is 1. The monoisotopic (exact) mass is 603 g/mol. The molecule has 2 aromatic carbocycles. The van der Waals surface area contributed by atoms with Crippen LogP contribution in [0.5, 0.6) is 17.2 Å². The molecule has 1 aliphatic heterocycles. The summed E-state index contributed by atoms with van der Waals surface area (Å²) < 4.78 is 13.6. The maximum absolute atomic E-state index is 13.0. The molecule has 214 valence electrons. The number of nitriles is 1. The molecule has 2 fully saturated rings. The number of hydrogen-bond acceptors (Lipinski definition) is 8. The number of rotatable bonds is 7. The van der Waals surface area contributed by atoms with Crippen LogP contribution in [-0.2, 0) is 4.79 Å². The Morgan fingerprint density at radius 1 is 1.12 bits per heavy atom. The summed E-state index contributed by atoms with van der Waals surface area (Å²) >= 11 is 12.2. The maximum Gasteiger partial charge on any atom is 0.226 e. The number of nitrogens with zero attached hydrogens (tertiary/aromatic N) is 6. The predicted octanol–water partition coefficient (Wildman–Crippen LogP) is 6.06. The molecule has 6 rings (SSSR count). The Morgan fingerprint density at radius 2 is 1.93 bits per heavy atom. The molecule has 2 N–H and O–H groups in total. The van der Waals surface area contributed by atoms with Gasteiger partial charge in [0.05, 0.1) is 34.7 Å². The van der Waals surface area contributed by atoms with Gasteiger partial charge in [-0.1, -0.05) is 29.3 Å². The zero-order chi connectivity index (χ0) is 29.4. The summed E-state index contributed by atoms with van der Waals surface area (Å²) in [5, 5.41) is 15.2. The van der Waals surface area contributed by atoms with E-state index in [2.05, 4.69) is 9.97 Å². The normalized spacial score (nSPS) is 18.8. The van der Waals surface area contributed by atoms with Gasteiger partial charge in [-0.3, -0.25) is 4.79 Å². The smallest absolute Gasteiger partial charge is 0.226 e. The Bertz CT molecular complexity index is 1740. The van der Waals surface area contributed by atoms with Crippen molar-refractivity contribution in [2.75, 3.05) is 25.9 Å². The van der Waals surface area contributed by atoms with Gasteiger partial charge in [0.25, 0.3) is 0 Å². The van der Waals surface area contributed by atoms with E-state index in [4.69, 9.17) is 48.8 Å². The van der Waals surface area contributed by atoms with Crippen LogP contribution in [-0.4, -0.2) is 50.8 Å². The van der Waals surface area contributed by atoms with Gasteiger partial charge in [-0.25, -0.2) is 14.6 Å². The highest BCUT2D eigenvalue weighted by Crippen LogP contribution is 2.43. The van der Waals surface area contributed by atoms with Crippen LogP contribution in [0.4, 0.5) is 5.82 Å². The molecule has 2 atom stereocenters. The van der Waals surface area contributed by atoms with Crippen LogP contribution in [0.25, 0.3) is 22.3 Å². The molecule has 1 amide bonds. The molecule has 12 heteroatoms. The van der Waals surface area contributed by atoms with Crippen LogP contribution in [0.1, 0.15) is 25.3 Å². The number of nitrogens with two attached hydrogens (primary N) is 1. The number of aromatic nitrogens is 4. The van der Waals surface area contributed by atoms with Crippen molar-refractivity contribution in [2.24, 2.45) is 11.8 Å². The van der Waals surface area contributed by atoms with E-state index < -0.39 is 0 Å². The van der Waals surface area contributed by atoms with E-state index in [1.807, 2.05) is 33.9 Å². The van der Waals surface area contributed by atoms with Gasteiger partial charge >= 0.3 is 0 Å². The van der Waals surface area contributed by atoms with Crippen LogP contribution < -0.4 is 15.2 Å². The van der Waals surface area contributed by atoms with Crippen LogP contribution in [0.2, 0.25) is 10.0 Å². The molecule has 42 heavy (non-hydrogen) atoms. The first kappa shape index (κ1) is 27.8. The number of amides is 1. The second-order valence-electron chi connectivity index (χ2n) is 10.3. The second-order valence-corrected chi connectivity index (χ2v) is 11.2. The second kappa shape index (κ2) is 11.5. The number of anilines is 1. The SMILES string of the molecule is COc1cc(-c2nn(C3CCN(C(=O)C4CC4C=CC#N)CC3)c3ncnc(N)c23)ccc1Oc1ccc(Cl)c(Cl)c1. The third kappa shape index (κ3) is 5.33. The van der Waals surface area contributed by atoms with Gasteiger partial charge in [0.2, 0.25) is 5.91 Å². The number of halogens is 2. The number of carbonyl (C=O) groups excluding carboxylic acids is 1. The third-order valence-corrected chi connectivity index (χ3v) is 8.51. The van der Waals surface area contributed by atoms with Crippen molar-refractivity contribution in [3.63, 3.8) is 0 Å².